The lowest BCUT2D eigenvalue weighted by Gasteiger charge is -2.22. The van der Waals surface area contributed by atoms with Crippen molar-refractivity contribution in [2.75, 3.05) is 21.1 Å². The molecule has 5 N–H and O–H groups in total. The fraction of sp³-hybridized carbons (Fsp3) is 0.513. The van der Waals surface area contributed by atoms with Crippen molar-refractivity contribution >= 4 is 79.4 Å². The van der Waals surface area contributed by atoms with Crippen molar-refractivity contribution in [2.45, 2.75) is 330 Å². The maximum absolute atomic E-state index is 13.6. The van der Waals surface area contributed by atoms with Gasteiger partial charge in [0.05, 0.1) is 17.4 Å². The number of amides is 2. The third-order valence-electron chi connectivity index (χ3n) is 25.9. The molecule has 0 spiro atoms. The number of aromatic hydroxyl groups is 2. The van der Waals surface area contributed by atoms with E-state index in [4.69, 9.17) is 23.7 Å². The van der Waals surface area contributed by atoms with Crippen molar-refractivity contribution < 1.29 is 67.5 Å². The Morgan fingerprint density at radius 3 is 1.14 bits per heavy atom. The van der Waals surface area contributed by atoms with Crippen LogP contribution in [0.3, 0.4) is 0 Å². The van der Waals surface area contributed by atoms with E-state index >= 15 is 0 Å². The first kappa shape index (κ1) is 114. The molecule has 4 aliphatic rings. The van der Waals surface area contributed by atoms with Crippen LogP contribution in [0.5, 0.6) is 17.2 Å². The van der Waals surface area contributed by atoms with E-state index in [1.165, 1.54) is 59.6 Å². The molecule has 4 saturated carbocycles. The van der Waals surface area contributed by atoms with Crippen LogP contribution in [-0.4, -0.2) is 120 Å². The summed E-state index contributed by atoms with van der Waals surface area (Å²) in [5.74, 6) is 1.74. The quantitative estimate of drug-likeness (QED) is 0.0103. The van der Waals surface area contributed by atoms with Crippen LogP contribution in [0.1, 0.15) is 327 Å². The lowest BCUT2D eigenvalue weighted by Crippen LogP contribution is -2.40. The highest BCUT2D eigenvalue weighted by atomic mass is 79.9. The molecule has 19 nitrogen and oxygen atoms in total. The van der Waals surface area contributed by atoms with Gasteiger partial charge in [-0.2, -0.15) is 0 Å². The fourth-order valence-corrected chi connectivity index (χ4v) is 18.7. The van der Waals surface area contributed by atoms with Gasteiger partial charge in [-0.15, -0.1) is 0 Å². The SMILES string of the molecule is C=C(C)c1cc(C(=O)N(C)Cc2ccc(CN[C@@H](CC(C)C)C(=O)OC3CCCC3)cc2)c(C)cc1OCc1ccccc1.CC(C)C[C@H](CCc1ccc(CBr)cc1)C(=O)OC1CCCC1.CC(C)C[C@H](NCc1ccc(CN(C)C(=O)c2cc(C(C)C)c(O)cc2O)cc1)C(=O)OC1CCCC1.CNCc1ccc(CC[C@@H](CC(C)C)C(=O)OC2CCCC2)cc1.O=Cc1ccc(CBr)cc1. The topological polar surface area (TPSA) is 249 Å². The van der Waals surface area contributed by atoms with E-state index in [1.807, 2.05) is 145 Å². The molecule has 8 aromatic carbocycles. The lowest BCUT2D eigenvalue weighted by molar-refractivity contribution is -0.155. The van der Waals surface area contributed by atoms with E-state index in [9.17, 15) is 43.8 Å². The molecule has 8 aromatic rings. The second kappa shape index (κ2) is 60.4. The molecule has 4 fully saturated rings. The standard InChI is InChI=1S/C38H48N2O4.C30H42N2O5.C21H33NO2.C20H29BrO2.C8H7BrO/c1-26(2)20-35(38(42)44-32-14-10-11-15-32)39-23-29-16-18-30(19-17-29)24-40(6)37(41)34-22-33(27(3)4)36(21-28(34)5)43-25-31-12-8-7-9-13-31;1-19(2)14-26(30(36)37-23-8-6-7-9-23)31-17-21-10-12-22(13-11-21)18-32(5)29(35)25-15-24(20(3)4)27(33)16-28(25)34;1-16(2)14-19(21(23)24-20-6-4-5-7-20)13-12-17-8-10-18(11-9-17)15-22-3;1-15(2)13-18(20(22)23-19-5-3-4-6-19)12-11-16-7-9-17(14-21)10-8-16;9-5-7-1-3-8(6-10)4-2-7/h7-9,12-13,16-19,21-22,26,32,35,39H,3,10-11,14-15,20,23-25H2,1-2,4-6H3;10-13,15-16,19-20,23,26,31,33-34H,6-9,14,17-18H2,1-5H3;8-11,16,19-20,22H,4-7,12-15H2,1-3H3;7-10,15,18-19H,3-6,11-14H2,1-2H3;1-4,6H,5H2/t35-;26-;19-;18-;/m0000./s1. The number of allylic oxidation sites excluding steroid dienone is 1. The number of hydrogen-bond donors (Lipinski definition) is 5. The highest BCUT2D eigenvalue weighted by Gasteiger charge is 2.32. The molecule has 0 aromatic heterocycles. The lowest BCUT2D eigenvalue weighted by atomic mass is 9.91. The van der Waals surface area contributed by atoms with Gasteiger partial charge in [0.25, 0.3) is 11.8 Å². The van der Waals surface area contributed by atoms with Gasteiger partial charge < -0.3 is 59.6 Å². The molecule has 2 amide bonds. The molecular weight excluding hydrogens is 1860 g/mol. The average molecular weight is 2020 g/mol. The van der Waals surface area contributed by atoms with Gasteiger partial charge in [0, 0.05) is 80.2 Å². The number of phenols is 2. The molecule has 12 rings (SSSR count). The summed E-state index contributed by atoms with van der Waals surface area (Å²) < 4.78 is 29.2. The number of benzene rings is 8. The smallest absolute Gasteiger partial charge is 0.323 e. The first-order valence-corrected chi connectivity index (χ1v) is 52.9. The average Bonchev–Trinajstić information content (AvgIpc) is 1.10. The Labute approximate surface area is 842 Å². The molecule has 0 radical (unpaired) electrons. The monoisotopic (exact) mass is 2020 g/mol. The number of phenolic OH excluding ortho intramolecular Hbond substituents is 2. The van der Waals surface area contributed by atoms with Gasteiger partial charge in [-0.05, 0) is 295 Å². The van der Waals surface area contributed by atoms with Crippen LogP contribution >= 0.6 is 31.9 Å². The number of esters is 4. The number of rotatable bonds is 44. The van der Waals surface area contributed by atoms with Crippen LogP contribution < -0.4 is 20.7 Å². The van der Waals surface area contributed by atoms with Crippen LogP contribution in [-0.2, 0) is 101 Å². The Kier molecular flexibility index (Phi) is 49.7. The van der Waals surface area contributed by atoms with Crippen LogP contribution in [0.2, 0.25) is 0 Å². The van der Waals surface area contributed by atoms with Crippen LogP contribution in [0.15, 0.2) is 183 Å². The number of alkyl halides is 2. The highest BCUT2D eigenvalue weighted by Crippen LogP contribution is 2.36. The second-order valence-electron chi connectivity index (χ2n) is 40.3. The van der Waals surface area contributed by atoms with Gasteiger partial charge in [-0.25, -0.2) is 0 Å². The molecule has 0 saturated heterocycles. The zero-order chi connectivity index (χ0) is 100. The van der Waals surface area contributed by atoms with Gasteiger partial charge in [-0.3, -0.25) is 33.6 Å². The Morgan fingerprint density at radius 2 is 0.783 bits per heavy atom. The van der Waals surface area contributed by atoms with E-state index in [2.05, 4.69) is 170 Å². The minimum Gasteiger partial charge on any atom is -0.508 e. The van der Waals surface area contributed by atoms with Crippen molar-refractivity contribution in [3.8, 4) is 17.2 Å². The predicted molar refractivity (Wildman–Crippen MR) is 564 cm³/mol. The summed E-state index contributed by atoms with van der Waals surface area (Å²) in [5.41, 5.74) is 16.2. The number of aldehydes is 1. The van der Waals surface area contributed by atoms with Gasteiger partial charge in [0.15, 0.2) is 0 Å². The zero-order valence-electron chi connectivity index (χ0n) is 85.1. The molecule has 21 heteroatoms. The summed E-state index contributed by atoms with van der Waals surface area (Å²) in [4.78, 5) is 90.8. The van der Waals surface area contributed by atoms with Gasteiger partial charge in [0.1, 0.15) is 66.6 Å². The Hall–Kier alpha value is -9.77. The first-order valence-electron chi connectivity index (χ1n) is 50.6. The van der Waals surface area contributed by atoms with Crippen molar-refractivity contribution in [3.05, 3.63) is 272 Å². The molecule has 0 heterocycles. The van der Waals surface area contributed by atoms with E-state index < -0.39 is 0 Å². The van der Waals surface area contributed by atoms with Crippen molar-refractivity contribution in [3.63, 3.8) is 0 Å². The van der Waals surface area contributed by atoms with Gasteiger partial charge in [0.2, 0.25) is 0 Å². The summed E-state index contributed by atoms with van der Waals surface area (Å²) in [7, 11) is 5.47. The highest BCUT2D eigenvalue weighted by molar-refractivity contribution is 9.08. The molecular formula is C117H159Br2N5O14. The van der Waals surface area contributed by atoms with Crippen LogP contribution in [0.4, 0.5) is 0 Å². The van der Waals surface area contributed by atoms with Crippen molar-refractivity contribution in [1.82, 2.24) is 25.8 Å². The fourth-order valence-electron chi connectivity index (χ4n) is 17.9. The van der Waals surface area contributed by atoms with Crippen molar-refractivity contribution in [1.29, 1.82) is 0 Å². The molecule has 750 valence electrons. The number of halogens is 2. The Bertz CT molecular complexity index is 5000. The van der Waals surface area contributed by atoms with E-state index in [0.29, 0.717) is 67.6 Å². The van der Waals surface area contributed by atoms with Crippen LogP contribution in [0, 0.1) is 42.4 Å². The van der Waals surface area contributed by atoms with Crippen molar-refractivity contribution in [2.24, 2.45) is 35.5 Å². The number of aryl methyl sites for hydroxylation is 3. The summed E-state index contributed by atoms with van der Waals surface area (Å²) in [6.45, 7) is 32.3. The molecule has 4 atom stereocenters. The van der Waals surface area contributed by atoms with Gasteiger partial charge >= 0.3 is 23.9 Å². The largest absolute Gasteiger partial charge is 0.508 e. The third-order valence-corrected chi connectivity index (χ3v) is 27.1. The number of nitrogens with one attached hydrogen (secondary N) is 3. The number of carbonyl (C=O) groups excluding carboxylic acids is 7. The Morgan fingerprint density at radius 1 is 0.428 bits per heavy atom. The van der Waals surface area contributed by atoms with Gasteiger partial charge in [-0.1, -0.05) is 259 Å². The predicted octanol–water partition coefficient (Wildman–Crippen LogP) is 25.9. The van der Waals surface area contributed by atoms with E-state index in [-0.39, 0.29) is 107 Å². The molecule has 0 unspecified atom stereocenters. The number of carbonyl (C=O) groups is 7. The second-order valence-corrected chi connectivity index (χ2v) is 41.4. The number of hydrogen-bond acceptors (Lipinski definition) is 17. The Balaban J connectivity index is 0.000000224. The number of ether oxygens (including phenoxy) is 5. The summed E-state index contributed by atoms with van der Waals surface area (Å²) >= 11 is 6.79. The molecule has 4 aliphatic carbocycles. The van der Waals surface area contributed by atoms with E-state index in [1.54, 1.807) is 22.9 Å². The van der Waals surface area contributed by atoms with E-state index in [0.717, 1.165) is 208 Å². The third kappa shape index (κ3) is 40.1. The zero-order valence-corrected chi connectivity index (χ0v) is 88.3. The maximum Gasteiger partial charge on any atom is 0.323 e. The molecule has 0 bridgehead atoms. The summed E-state index contributed by atoms with van der Waals surface area (Å²) in [5, 5.41) is 32.0. The normalized spacial score (nSPS) is 14.7. The minimum absolute atomic E-state index is 0.0154. The molecule has 0 aliphatic heterocycles. The molecule has 138 heavy (non-hydrogen) atoms. The van der Waals surface area contributed by atoms with Crippen LogP contribution in [0.25, 0.3) is 5.57 Å². The first-order chi connectivity index (χ1) is 66.2. The minimum atomic E-state index is -0.335. The number of nitrogens with zero attached hydrogens (tertiary/aromatic N) is 2. The summed E-state index contributed by atoms with van der Waals surface area (Å²) in [6.07, 6.45) is 25.7. The maximum atomic E-state index is 13.6. The summed E-state index contributed by atoms with van der Waals surface area (Å²) in [6, 6.07) is 56.9.